The van der Waals surface area contributed by atoms with Crippen LogP contribution in [-0.2, 0) is 28.8 Å². The number of azide groups is 1. The molecule has 0 aromatic heterocycles. The average Bonchev–Trinajstić information content (AvgIpc) is 2.78. The number of barbiturate groups is 1. The van der Waals surface area contributed by atoms with Crippen LogP contribution in [0.25, 0.3) is 10.4 Å². The summed E-state index contributed by atoms with van der Waals surface area (Å²) in [7, 11) is 0. The van der Waals surface area contributed by atoms with Crippen LogP contribution in [0.5, 0.6) is 0 Å². The molecule has 1 rings (SSSR count). The zero-order valence-electron chi connectivity index (χ0n) is 19.4. The molecule has 198 valence electrons. The number of urea groups is 1. The van der Waals surface area contributed by atoms with Crippen molar-refractivity contribution >= 4 is 41.7 Å². The Balaban J connectivity index is 2.74. The maximum Gasteiger partial charge on any atom is 0.335 e. The molecule has 1 unspecified atom stereocenters. The second kappa shape index (κ2) is 14.9. The molecule has 0 saturated carbocycles. The first-order valence-electron chi connectivity index (χ1n) is 11.1. The van der Waals surface area contributed by atoms with Crippen LogP contribution in [0.15, 0.2) is 5.11 Å². The van der Waals surface area contributed by atoms with Gasteiger partial charge in [-0.2, -0.15) is 0 Å². The first kappa shape index (κ1) is 29.8. The lowest BCUT2D eigenvalue weighted by atomic mass is 10.0. The Hall–Kier alpha value is -4.20. The Morgan fingerprint density at radius 3 is 2.00 bits per heavy atom. The van der Waals surface area contributed by atoms with Gasteiger partial charge in [0.15, 0.2) is 0 Å². The fourth-order valence-corrected chi connectivity index (χ4v) is 3.52. The predicted octanol–water partition coefficient (Wildman–Crippen LogP) is 0.706. The van der Waals surface area contributed by atoms with Gasteiger partial charge in [-0.15, -0.1) is 0 Å². The zero-order valence-corrected chi connectivity index (χ0v) is 19.4. The van der Waals surface area contributed by atoms with Crippen LogP contribution in [0.4, 0.5) is 4.79 Å². The molecule has 0 aliphatic carbocycles. The maximum atomic E-state index is 12.9. The number of nitrogens with zero attached hydrogens (tertiary/aromatic N) is 5. The summed E-state index contributed by atoms with van der Waals surface area (Å²) in [6.07, 6.45) is -0.697. The standard InChI is InChI=1S/C20H28N6O10/c21-24-23-10-4-2-6-14(27)22-9-3-1-5-12(18(32)33)25-15(28)11-16(29)26(20(25)36)13(19(34)35)7-8-17(30)31/h12-13H,1-11H2,(H,22,27)(H,30,31)(H,32,33)(H,34,35)/t12?,13-/m0/s1. The molecule has 0 spiro atoms. The molecule has 1 fully saturated rings. The lowest BCUT2D eigenvalue weighted by Crippen LogP contribution is -2.63. The normalized spacial score (nSPS) is 15.2. The summed E-state index contributed by atoms with van der Waals surface area (Å²) in [4.78, 5) is 86.7. The number of imide groups is 2. The van der Waals surface area contributed by atoms with Crippen LogP contribution in [0.3, 0.4) is 0 Å². The van der Waals surface area contributed by atoms with Crippen LogP contribution in [-0.4, -0.2) is 92.0 Å². The molecular weight excluding hydrogens is 484 g/mol. The predicted molar refractivity (Wildman–Crippen MR) is 118 cm³/mol. The molecule has 2 atom stereocenters. The second-order valence-corrected chi connectivity index (χ2v) is 7.88. The highest BCUT2D eigenvalue weighted by atomic mass is 16.4. The zero-order chi connectivity index (χ0) is 27.3. The number of carbonyl (C=O) groups is 7. The molecule has 0 radical (unpaired) electrons. The van der Waals surface area contributed by atoms with Crippen LogP contribution in [0, 0.1) is 0 Å². The summed E-state index contributed by atoms with van der Waals surface area (Å²) >= 11 is 0. The molecular formula is C20H28N6O10. The number of nitrogens with one attached hydrogen (secondary N) is 1. The Kier molecular flexibility index (Phi) is 12.4. The topological polar surface area (TPSA) is 247 Å². The fourth-order valence-electron chi connectivity index (χ4n) is 3.52. The molecule has 0 aromatic carbocycles. The Morgan fingerprint density at radius 1 is 0.889 bits per heavy atom. The van der Waals surface area contributed by atoms with E-state index in [4.69, 9.17) is 10.6 Å². The largest absolute Gasteiger partial charge is 0.481 e. The van der Waals surface area contributed by atoms with Crippen LogP contribution in [0.2, 0.25) is 0 Å². The van der Waals surface area contributed by atoms with Gasteiger partial charge in [-0.1, -0.05) is 5.11 Å². The number of rotatable bonds is 17. The average molecular weight is 512 g/mol. The van der Waals surface area contributed by atoms with Crippen molar-refractivity contribution in [2.45, 2.75) is 69.9 Å². The van der Waals surface area contributed by atoms with Gasteiger partial charge >= 0.3 is 23.9 Å². The van der Waals surface area contributed by atoms with Gasteiger partial charge in [-0.05, 0) is 44.1 Å². The van der Waals surface area contributed by atoms with Gasteiger partial charge in [0.2, 0.25) is 17.7 Å². The third-order valence-corrected chi connectivity index (χ3v) is 5.28. The first-order valence-corrected chi connectivity index (χ1v) is 11.1. The van der Waals surface area contributed by atoms with Crippen molar-refractivity contribution in [2.75, 3.05) is 13.1 Å². The fraction of sp³-hybridized carbons (Fsp3) is 0.650. The molecule has 1 saturated heterocycles. The summed E-state index contributed by atoms with van der Waals surface area (Å²) in [6, 6.07) is -5.01. The Labute approximate surface area is 204 Å². The van der Waals surface area contributed by atoms with Crippen molar-refractivity contribution < 1.29 is 48.9 Å². The van der Waals surface area contributed by atoms with Crippen molar-refractivity contribution in [2.24, 2.45) is 5.11 Å². The summed E-state index contributed by atoms with van der Waals surface area (Å²) in [5, 5.41) is 33.8. The molecule has 5 amide bonds. The number of hydrogen-bond donors (Lipinski definition) is 4. The molecule has 1 heterocycles. The monoisotopic (exact) mass is 512 g/mol. The van der Waals surface area contributed by atoms with E-state index in [1.54, 1.807) is 0 Å². The second-order valence-electron chi connectivity index (χ2n) is 7.88. The lowest BCUT2D eigenvalue weighted by Gasteiger charge is -2.38. The van der Waals surface area contributed by atoms with E-state index < -0.39 is 67.1 Å². The molecule has 36 heavy (non-hydrogen) atoms. The highest BCUT2D eigenvalue weighted by molar-refractivity contribution is 6.16. The van der Waals surface area contributed by atoms with E-state index in [0.717, 1.165) is 0 Å². The minimum atomic E-state index is -1.88. The van der Waals surface area contributed by atoms with Crippen molar-refractivity contribution in [3.05, 3.63) is 10.4 Å². The van der Waals surface area contributed by atoms with Crippen LogP contribution >= 0.6 is 0 Å². The lowest BCUT2D eigenvalue weighted by molar-refractivity contribution is -0.158. The number of amides is 5. The van der Waals surface area contributed by atoms with Crippen molar-refractivity contribution in [3.63, 3.8) is 0 Å². The molecule has 16 nitrogen and oxygen atoms in total. The van der Waals surface area contributed by atoms with Gasteiger partial charge in [-0.25, -0.2) is 24.2 Å². The van der Waals surface area contributed by atoms with Crippen molar-refractivity contribution in [1.29, 1.82) is 0 Å². The van der Waals surface area contributed by atoms with E-state index >= 15 is 0 Å². The van der Waals surface area contributed by atoms with E-state index in [2.05, 4.69) is 15.3 Å². The molecule has 0 aromatic rings. The maximum absolute atomic E-state index is 12.9. The highest BCUT2D eigenvalue weighted by Gasteiger charge is 2.48. The number of unbranched alkanes of at least 4 members (excludes halogenated alkanes) is 2. The minimum absolute atomic E-state index is 0.167. The minimum Gasteiger partial charge on any atom is -0.481 e. The number of carbonyl (C=O) groups excluding carboxylic acids is 4. The Bertz CT molecular complexity index is 932. The summed E-state index contributed by atoms with van der Waals surface area (Å²) in [6.45, 7) is 0.481. The number of carboxylic acids is 3. The molecule has 4 N–H and O–H groups in total. The third-order valence-electron chi connectivity index (χ3n) is 5.28. The molecule has 1 aliphatic rings. The van der Waals surface area contributed by atoms with E-state index in [9.17, 15) is 43.8 Å². The smallest absolute Gasteiger partial charge is 0.335 e. The van der Waals surface area contributed by atoms with Gasteiger partial charge < -0.3 is 20.6 Å². The van der Waals surface area contributed by atoms with Crippen LogP contribution < -0.4 is 5.32 Å². The van der Waals surface area contributed by atoms with Gasteiger partial charge in [0.05, 0.1) is 0 Å². The highest BCUT2D eigenvalue weighted by Crippen LogP contribution is 2.23. The van der Waals surface area contributed by atoms with Gasteiger partial charge in [-0.3, -0.25) is 19.2 Å². The van der Waals surface area contributed by atoms with E-state index in [0.29, 0.717) is 24.2 Å². The SMILES string of the molecule is [N-]=[N+]=NCCCCC(=O)NCCCCC(C(=O)O)N1C(=O)CC(=O)N([C@@H](CCC(=O)O)C(=O)O)C1=O. The van der Waals surface area contributed by atoms with E-state index in [-0.39, 0.29) is 43.2 Å². The van der Waals surface area contributed by atoms with E-state index in [1.807, 2.05) is 0 Å². The summed E-state index contributed by atoms with van der Waals surface area (Å²) in [5.74, 6) is -7.10. The first-order chi connectivity index (χ1) is 17.0. The van der Waals surface area contributed by atoms with Gasteiger partial charge in [0.1, 0.15) is 18.5 Å². The number of hydrogen-bond acceptors (Lipinski definition) is 8. The molecule has 0 bridgehead atoms. The van der Waals surface area contributed by atoms with Crippen LogP contribution in [0.1, 0.15) is 57.8 Å². The number of carboxylic acid groups (broad SMARTS) is 3. The van der Waals surface area contributed by atoms with E-state index in [1.165, 1.54) is 0 Å². The number of aliphatic carboxylic acids is 3. The van der Waals surface area contributed by atoms with Gasteiger partial charge in [0.25, 0.3) is 0 Å². The van der Waals surface area contributed by atoms with Gasteiger partial charge in [0, 0.05) is 30.8 Å². The summed E-state index contributed by atoms with van der Waals surface area (Å²) < 4.78 is 0. The Morgan fingerprint density at radius 2 is 1.47 bits per heavy atom. The third kappa shape index (κ3) is 9.21. The molecule has 16 heteroatoms. The quantitative estimate of drug-likeness (QED) is 0.0698. The van der Waals surface area contributed by atoms with Crippen molar-refractivity contribution in [1.82, 2.24) is 15.1 Å². The molecule has 1 aliphatic heterocycles. The summed E-state index contributed by atoms with van der Waals surface area (Å²) in [5.41, 5.74) is 8.18. The van der Waals surface area contributed by atoms with Crippen molar-refractivity contribution in [3.8, 4) is 0 Å².